The lowest BCUT2D eigenvalue weighted by molar-refractivity contribution is 0.383. The monoisotopic (exact) mass is 341 g/mol. The van der Waals surface area contributed by atoms with E-state index in [2.05, 4.69) is 20.2 Å². The molecule has 130 valence electrons. The van der Waals surface area contributed by atoms with Crippen molar-refractivity contribution in [3.8, 4) is 0 Å². The van der Waals surface area contributed by atoms with Gasteiger partial charge in [-0.25, -0.2) is 18.4 Å². The topological polar surface area (TPSA) is 78.4 Å². The molecule has 0 radical (unpaired) electrons. The molecule has 1 aliphatic heterocycles. The Morgan fingerprint density at radius 1 is 1.17 bits per heavy atom. The molecule has 0 bridgehead atoms. The number of rotatable bonds is 7. The summed E-state index contributed by atoms with van der Waals surface area (Å²) in [7, 11) is -3.11. The zero-order valence-corrected chi connectivity index (χ0v) is 15.1. The number of anilines is 2. The van der Waals surface area contributed by atoms with Gasteiger partial charge in [-0.1, -0.05) is 13.3 Å². The van der Waals surface area contributed by atoms with Crippen LogP contribution >= 0.6 is 0 Å². The number of unbranched alkanes of at least 4 members (excludes halogenated alkanes) is 1. The van der Waals surface area contributed by atoms with Crippen LogP contribution in [0, 0.1) is 6.92 Å². The molecule has 8 heteroatoms. The van der Waals surface area contributed by atoms with Crippen LogP contribution in [-0.4, -0.2) is 61.2 Å². The van der Waals surface area contributed by atoms with Gasteiger partial charge >= 0.3 is 0 Å². The largest absolute Gasteiger partial charge is 0.370 e. The van der Waals surface area contributed by atoms with Crippen molar-refractivity contribution >= 4 is 21.7 Å². The van der Waals surface area contributed by atoms with Gasteiger partial charge in [0.25, 0.3) is 0 Å². The van der Waals surface area contributed by atoms with Gasteiger partial charge in [0.2, 0.25) is 10.0 Å². The third kappa shape index (κ3) is 4.78. The minimum Gasteiger partial charge on any atom is -0.370 e. The second-order valence-electron chi connectivity index (χ2n) is 5.74. The highest BCUT2D eigenvalue weighted by Crippen LogP contribution is 2.19. The maximum absolute atomic E-state index is 12.3. The van der Waals surface area contributed by atoms with Gasteiger partial charge in [0.1, 0.15) is 17.5 Å². The first-order valence-electron chi connectivity index (χ1n) is 8.28. The minimum atomic E-state index is -3.11. The zero-order chi connectivity index (χ0) is 16.9. The molecule has 0 atom stereocenters. The highest BCUT2D eigenvalue weighted by molar-refractivity contribution is 7.89. The molecule has 1 saturated heterocycles. The van der Waals surface area contributed by atoms with Gasteiger partial charge in [-0.05, 0) is 20.3 Å². The molecular formula is C15H27N5O2S. The van der Waals surface area contributed by atoms with E-state index in [9.17, 15) is 8.42 Å². The smallest absolute Gasteiger partial charge is 0.214 e. The van der Waals surface area contributed by atoms with Crippen LogP contribution in [0.1, 0.15) is 32.5 Å². The summed E-state index contributed by atoms with van der Waals surface area (Å²) in [4.78, 5) is 11.0. The zero-order valence-electron chi connectivity index (χ0n) is 14.2. The summed E-state index contributed by atoms with van der Waals surface area (Å²) in [6, 6.07) is 1.93. The number of hydrogen-bond acceptors (Lipinski definition) is 6. The Morgan fingerprint density at radius 3 is 2.48 bits per heavy atom. The van der Waals surface area contributed by atoms with Crippen LogP contribution < -0.4 is 10.2 Å². The van der Waals surface area contributed by atoms with Crippen LogP contribution in [0.5, 0.6) is 0 Å². The lowest BCUT2D eigenvalue weighted by Crippen LogP contribution is -2.49. The normalized spacial score (nSPS) is 16.6. The van der Waals surface area contributed by atoms with Gasteiger partial charge in [0.15, 0.2) is 0 Å². The van der Waals surface area contributed by atoms with Crippen molar-refractivity contribution in [3.05, 3.63) is 11.9 Å². The molecule has 7 nitrogen and oxygen atoms in total. The second-order valence-corrected chi connectivity index (χ2v) is 7.83. The average Bonchev–Trinajstić information content (AvgIpc) is 2.53. The van der Waals surface area contributed by atoms with Gasteiger partial charge < -0.3 is 10.2 Å². The first-order chi connectivity index (χ1) is 11.0. The molecule has 0 unspecified atom stereocenters. The molecule has 1 N–H and O–H groups in total. The number of nitrogens with one attached hydrogen (secondary N) is 1. The number of aromatic nitrogens is 2. The summed E-state index contributed by atoms with van der Waals surface area (Å²) < 4.78 is 26.1. The molecule has 23 heavy (non-hydrogen) atoms. The highest BCUT2D eigenvalue weighted by atomic mass is 32.2. The SMILES string of the molecule is CCCCS(=O)(=O)N1CCN(c2cc(NCC)nc(C)n2)CC1. The second kappa shape index (κ2) is 7.92. The van der Waals surface area contributed by atoms with Crippen molar-refractivity contribution in [3.63, 3.8) is 0 Å². The van der Waals surface area contributed by atoms with Crippen LogP contribution in [0.25, 0.3) is 0 Å². The molecule has 0 aromatic carbocycles. The molecule has 0 saturated carbocycles. The molecule has 1 aromatic rings. The Hall–Kier alpha value is -1.41. The summed E-state index contributed by atoms with van der Waals surface area (Å²) in [5.74, 6) is 2.64. The highest BCUT2D eigenvalue weighted by Gasteiger charge is 2.27. The Bertz CT molecular complexity index is 612. The lowest BCUT2D eigenvalue weighted by Gasteiger charge is -2.34. The maximum atomic E-state index is 12.3. The van der Waals surface area contributed by atoms with Crippen LogP contribution in [0.15, 0.2) is 6.07 Å². The van der Waals surface area contributed by atoms with Crippen LogP contribution in [0.4, 0.5) is 11.6 Å². The van der Waals surface area contributed by atoms with E-state index in [1.54, 1.807) is 4.31 Å². The molecule has 2 rings (SSSR count). The predicted molar refractivity (Wildman–Crippen MR) is 93.4 cm³/mol. The van der Waals surface area contributed by atoms with E-state index in [-0.39, 0.29) is 5.75 Å². The third-order valence-corrected chi connectivity index (χ3v) is 5.85. The van der Waals surface area contributed by atoms with E-state index in [1.807, 2.05) is 26.8 Å². The molecule has 1 aromatic heterocycles. The fourth-order valence-electron chi connectivity index (χ4n) is 2.64. The van der Waals surface area contributed by atoms with E-state index < -0.39 is 10.0 Å². The van der Waals surface area contributed by atoms with Crippen LogP contribution in [-0.2, 0) is 10.0 Å². The van der Waals surface area contributed by atoms with E-state index >= 15 is 0 Å². The Labute approximate surface area is 139 Å². The summed E-state index contributed by atoms with van der Waals surface area (Å²) in [6.45, 7) is 9.07. The van der Waals surface area contributed by atoms with Gasteiger partial charge in [0.05, 0.1) is 5.75 Å². The Balaban J connectivity index is 2.02. The van der Waals surface area contributed by atoms with Crippen LogP contribution in [0.2, 0.25) is 0 Å². The fraction of sp³-hybridized carbons (Fsp3) is 0.733. The molecule has 1 fully saturated rings. The van der Waals surface area contributed by atoms with E-state index in [1.165, 1.54) is 0 Å². The van der Waals surface area contributed by atoms with Gasteiger partial charge in [-0.2, -0.15) is 4.31 Å². The molecular weight excluding hydrogens is 314 g/mol. The Kier molecular flexibility index (Phi) is 6.17. The summed E-state index contributed by atoms with van der Waals surface area (Å²) in [5, 5.41) is 3.20. The van der Waals surface area contributed by atoms with Gasteiger partial charge in [-0.3, -0.25) is 0 Å². The minimum absolute atomic E-state index is 0.251. The number of sulfonamides is 1. The quantitative estimate of drug-likeness (QED) is 0.809. The fourth-order valence-corrected chi connectivity index (χ4v) is 4.27. The molecule has 2 heterocycles. The lowest BCUT2D eigenvalue weighted by atomic mass is 10.3. The first kappa shape index (κ1) is 17.9. The van der Waals surface area contributed by atoms with Crippen LogP contribution in [0.3, 0.4) is 0 Å². The molecule has 0 spiro atoms. The van der Waals surface area contributed by atoms with E-state index in [4.69, 9.17) is 0 Å². The van der Waals surface area contributed by atoms with Gasteiger partial charge in [0, 0.05) is 38.8 Å². The first-order valence-corrected chi connectivity index (χ1v) is 9.89. The van der Waals surface area contributed by atoms with Crippen molar-refractivity contribution in [2.45, 2.75) is 33.6 Å². The maximum Gasteiger partial charge on any atom is 0.214 e. The molecule has 1 aliphatic rings. The Morgan fingerprint density at radius 2 is 1.87 bits per heavy atom. The van der Waals surface area contributed by atoms with Crippen molar-refractivity contribution < 1.29 is 8.42 Å². The molecule has 0 aliphatic carbocycles. The summed E-state index contributed by atoms with van der Waals surface area (Å²) in [6.07, 6.45) is 1.62. The average molecular weight is 341 g/mol. The number of nitrogens with zero attached hydrogens (tertiary/aromatic N) is 4. The molecule has 0 amide bonds. The number of piperazine rings is 1. The number of aryl methyl sites for hydroxylation is 1. The van der Waals surface area contributed by atoms with Gasteiger partial charge in [-0.15, -0.1) is 0 Å². The summed E-state index contributed by atoms with van der Waals surface area (Å²) >= 11 is 0. The van der Waals surface area contributed by atoms with E-state index in [0.29, 0.717) is 26.2 Å². The standard InChI is InChI=1S/C15H27N5O2S/c1-4-6-11-23(21,22)20-9-7-19(8-10-20)15-12-14(16-5-2)17-13(3)18-15/h12H,4-11H2,1-3H3,(H,16,17,18). The predicted octanol–water partition coefficient (Wildman–Crippen LogP) is 1.47. The third-order valence-electron chi connectivity index (χ3n) is 3.89. The van der Waals surface area contributed by atoms with Crippen molar-refractivity contribution in [2.24, 2.45) is 0 Å². The van der Waals surface area contributed by atoms with Crippen molar-refractivity contribution in [2.75, 3.05) is 48.7 Å². The van der Waals surface area contributed by atoms with Crippen molar-refractivity contribution in [1.82, 2.24) is 14.3 Å². The van der Waals surface area contributed by atoms with E-state index in [0.717, 1.165) is 36.8 Å². The van der Waals surface area contributed by atoms with Crippen molar-refractivity contribution in [1.29, 1.82) is 0 Å². The number of hydrogen-bond donors (Lipinski definition) is 1. The summed E-state index contributed by atoms with van der Waals surface area (Å²) in [5.41, 5.74) is 0.